The van der Waals surface area contributed by atoms with E-state index in [-0.39, 0.29) is 6.10 Å². The first-order valence-electron chi connectivity index (χ1n) is 9.86. The molecule has 3 nitrogen and oxygen atoms in total. The maximum Gasteiger partial charge on any atom is 0.115 e. The zero-order valence-electron chi connectivity index (χ0n) is 15.6. The molecule has 0 aromatic heterocycles. The first-order valence-corrected chi connectivity index (χ1v) is 9.86. The van der Waals surface area contributed by atoms with Crippen molar-refractivity contribution in [3.05, 3.63) is 77.9 Å². The van der Waals surface area contributed by atoms with Gasteiger partial charge in [0.15, 0.2) is 0 Å². The van der Waals surface area contributed by atoms with Crippen LogP contribution in [0.4, 0.5) is 0 Å². The first-order chi connectivity index (χ1) is 13.2. The molecule has 3 aromatic rings. The summed E-state index contributed by atoms with van der Waals surface area (Å²) in [6.07, 6.45) is 3.63. The van der Waals surface area contributed by atoms with Gasteiger partial charge in [0, 0.05) is 19.1 Å². The summed E-state index contributed by atoms with van der Waals surface area (Å²) >= 11 is 0. The van der Waals surface area contributed by atoms with E-state index in [0.717, 1.165) is 44.3 Å². The molecule has 0 aliphatic heterocycles. The largest absolute Gasteiger partial charge is 0.508 e. The van der Waals surface area contributed by atoms with Crippen molar-refractivity contribution in [3.63, 3.8) is 0 Å². The van der Waals surface area contributed by atoms with Gasteiger partial charge in [0.05, 0.1) is 6.10 Å². The summed E-state index contributed by atoms with van der Waals surface area (Å²) in [5.74, 6) is 0.316. The number of aliphatic hydroxyl groups excluding tert-OH is 1. The molecule has 140 valence electrons. The molecule has 0 radical (unpaired) electrons. The molecule has 3 aromatic carbocycles. The van der Waals surface area contributed by atoms with Crippen molar-refractivity contribution in [2.24, 2.45) is 0 Å². The normalized spacial score (nSPS) is 20.2. The molecular formula is C24H27NO2. The Morgan fingerprint density at radius 3 is 2.37 bits per heavy atom. The lowest BCUT2D eigenvalue weighted by molar-refractivity contribution is 0.0667. The topological polar surface area (TPSA) is 43.7 Å². The van der Waals surface area contributed by atoms with E-state index < -0.39 is 0 Å². The summed E-state index contributed by atoms with van der Waals surface area (Å²) in [5, 5.41) is 22.3. The maximum atomic E-state index is 9.91. The van der Waals surface area contributed by atoms with Crippen LogP contribution in [0.2, 0.25) is 0 Å². The highest BCUT2D eigenvalue weighted by Crippen LogP contribution is 2.28. The molecule has 1 aliphatic rings. The highest BCUT2D eigenvalue weighted by Gasteiger charge is 2.25. The standard InChI is InChI=1S/C24H27NO2/c26-22-13-11-21(12-14-22)25(16-18-5-3-9-23(27)15-18)17-20-8-4-7-19-6-1-2-10-24(19)20/h1-10,15,21-22,26-27H,11-14,16-17H2. The number of hydrogen-bond donors (Lipinski definition) is 2. The number of phenolic OH excluding ortho intramolecular Hbond substituents is 1. The van der Waals surface area contributed by atoms with Crippen molar-refractivity contribution in [3.8, 4) is 5.75 Å². The lowest BCUT2D eigenvalue weighted by Gasteiger charge is -2.36. The minimum Gasteiger partial charge on any atom is -0.508 e. The van der Waals surface area contributed by atoms with Crippen molar-refractivity contribution < 1.29 is 10.2 Å². The van der Waals surface area contributed by atoms with Gasteiger partial charge in [-0.2, -0.15) is 0 Å². The number of aromatic hydroxyl groups is 1. The lowest BCUT2D eigenvalue weighted by Crippen LogP contribution is -2.38. The molecule has 0 spiro atoms. The Labute approximate surface area is 160 Å². The van der Waals surface area contributed by atoms with Crippen molar-refractivity contribution in [1.82, 2.24) is 4.90 Å². The van der Waals surface area contributed by atoms with Crippen molar-refractivity contribution in [2.75, 3.05) is 0 Å². The van der Waals surface area contributed by atoms with Crippen LogP contribution in [0.5, 0.6) is 5.75 Å². The Kier molecular flexibility index (Phi) is 5.42. The van der Waals surface area contributed by atoms with Crippen LogP contribution in [-0.4, -0.2) is 27.3 Å². The predicted molar refractivity (Wildman–Crippen MR) is 110 cm³/mol. The van der Waals surface area contributed by atoms with E-state index >= 15 is 0 Å². The second-order valence-electron chi connectivity index (χ2n) is 7.68. The highest BCUT2D eigenvalue weighted by atomic mass is 16.3. The number of fused-ring (bicyclic) bond motifs is 1. The van der Waals surface area contributed by atoms with Gasteiger partial charge in [-0.05, 0) is 59.7 Å². The zero-order valence-corrected chi connectivity index (χ0v) is 15.6. The Bertz CT molecular complexity index is 894. The fraction of sp³-hybridized carbons (Fsp3) is 0.333. The SMILES string of the molecule is Oc1cccc(CN(Cc2cccc3ccccc23)C2CCC(O)CC2)c1. The number of aliphatic hydroxyl groups is 1. The van der Waals surface area contributed by atoms with Crippen LogP contribution in [0.1, 0.15) is 36.8 Å². The van der Waals surface area contributed by atoms with Gasteiger partial charge in [0.25, 0.3) is 0 Å². The zero-order chi connectivity index (χ0) is 18.6. The summed E-state index contributed by atoms with van der Waals surface area (Å²) in [6, 6.07) is 23.1. The highest BCUT2D eigenvalue weighted by molar-refractivity contribution is 5.85. The molecule has 0 atom stereocenters. The van der Waals surface area contributed by atoms with E-state index in [1.807, 2.05) is 12.1 Å². The molecule has 2 N–H and O–H groups in total. The maximum absolute atomic E-state index is 9.91. The van der Waals surface area contributed by atoms with Crippen molar-refractivity contribution in [2.45, 2.75) is 50.9 Å². The lowest BCUT2D eigenvalue weighted by atomic mass is 9.91. The molecule has 1 fully saturated rings. The molecule has 0 heterocycles. The average Bonchev–Trinajstić information content (AvgIpc) is 2.68. The molecule has 0 saturated heterocycles. The summed E-state index contributed by atoms with van der Waals surface area (Å²) in [5.41, 5.74) is 2.46. The molecule has 0 unspecified atom stereocenters. The molecule has 0 bridgehead atoms. The van der Waals surface area contributed by atoms with Gasteiger partial charge in [-0.1, -0.05) is 54.6 Å². The van der Waals surface area contributed by atoms with Crippen LogP contribution >= 0.6 is 0 Å². The molecule has 3 heteroatoms. The van der Waals surface area contributed by atoms with Gasteiger partial charge in [-0.25, -0.2) is 0 Å². The predicted octanol–water partition coefficient (Wildman–Crippen LogP) is 4.85. The fourth-order valence-electron chi connectivity index (χ4n) is 4.28. The Morgan fingerprint density at radius 2 is 1.56 bits per heavy atom. The average molecular weight is 361 g/mol. The smallest absolute Gasteiger partial charge is 0.115 e. The minimum atomic E-state index is -0.151. The molecule has 27 heavy (non-hydrogen) atoms. The van der Waals surface area contributed by atoms with Crippen LogP contribution in [-0.2, 0) is 13.1 Å². The minimum absolute atomic E-state index is 0.151. The van der Waals surface area contributed by atoms with Crippen LogP contribution in [0.25, 0.3) is 10.8 Å². The summed E-state index contributed by atoms with van der Waals surface area (Å²) in [7, 11) is 0. The van der Waals surface area contributed by atoms with Crippen LogP contribution < -0.4 is 0 Å². The Balaban J connectivity index is 1.62. The first kappa shape index (κ1) is 18.0. The molecule has 1 aliphatic carbocycles. The molecule has 1 saturated carbocycles. The molecule has 0 amide bonds. The van der Waals surface area contributed by atoms with Gasteiger partial charge in [-0.15, -0.1) is 0 Å². The van der Waals surface area contributed by atoms with Crippen LogP contribution in [0, 0.1) is 0 Å². The van der Waals surface area contributed by atoms with Gasteiger partial charge in [-0.3, -0.25) is 4.90 Å². The molecule has 4 rings (SSSR count). The van der Waals surface area contributed by atoms with Crippen molar-refractivity contribution >= 4 is 10.8 Å². The number of hydrogen-bond acceptors (Lipinski definition) is 3. The van der Waals surface area contributed by atoms with Gasteiger partial charge >= 0.3 is 0 Å². The monoisotopic (exact) mass is 361 g/mol. The van der Waals surface area contributed by atoms with E-state index in [1.54, 1.807) is 6.07 Å². The number of rotatable bonds is 5. The Hall–Kier alpha value is -2.36. The van der Waals surface area contributed by atoms with Crippen LogP contribution in [0.15, 0.2) is 66.7 Å². The van der Waals surface area contributed by atoms with E-state index in [2.05, 4.69) is 53.4 Å². The Morgan fingerprint density at radius 1 is 0.815 bits per heavy atom. The quantitative estimate of drug-likeness (QED) is 0.683. The van der Waals surface area contributed by atoms with Gasteiger partial charge < -0.3 is 10.2 Å². The van der Waals surface area contributed by atoms with E-state index in [9.17, 15) is 10.2 Å². The third-order valence-electron chi connectivity index (χ3n) is 5.73. The summed E-state index contributed by atoms with van der Waals surface area (Å²) < 4.78 is 0. The van der Waals surface area contributed by atoms with E-state index in [4.69, 9.17) is 0 Å². The van der Waals surface area contributed by atoms with Crippen molar-refractivity contribution in [1.29, 1.82) is 0 Å². The van der Waals surface area contributed by atoms with Crippen LogP contribution in [0.3, 0.4) is 0 Å². The second kappa shape index (κ2) is 8.12. The van der Waals surface area contributed by atoms with E-state index in [0.29, 0.717) is 11.8 Å². The summed E-state index contributed by atoms with van der Waals surface area (Å²) in [6.45, 7) is 1.68. The van der Waals surface area contributed by atoms with Gasteiger partial charge in [0.2, 0.25) is 0 Å². The number of phenols is 1. The van der Waals surface area contributed by atoms with E-state index in [1.165, 1.54) is 16.3 Å². The summed E-state index contributed by atoms with van der Waals surface area (Å²) in [4.78, 5) is 2.52. The number of benzene rings is 3. The third kappa shape index (κ3) is 4.32. The fourth-order valence-corrected chi connectivity index (χ4v) is 4.28. The molecular weight excluding hydrogens is 334 g/mol. The second-order valence-corrected chi connectivity index (χ2v) is 7.68. The third-order valence-corrected chi connectivity index (χ3v) is 5.73. The number of nitrogens with zero attached hydrogens (tertiary/aromatic N) is 1. The van der Waals surface area contributed by atoms with Gasteiger partial charge in [0.1, 0.15) is 5.75 Å².